The fourth-order valence-corrected chi connectivity index (χ4v) is 3.85. The predicted molar refractivity (Wildman–Crippen MR) is 113 cm³/mol. The van der Waals surface area contributed by atoms with Gasteiger partial charge in [0.1, 0.15) is 0 Å². The van der Waals surface area contributed by atoms with Crippen molar-refractivity contribution < 1.29 is 0 Å². The van der Waals surface area contributed by atoms with Crippen molar-refractivity contribution in [1.29, 1.82) is 0 Å². The second-order valence-electron chi connectivity index (χ2n) is 7.36. The molecule has 7 heteroatoms. The van der Waals surface area contributed by atoms with Crippen molar-refractivity contribution in [1.82, 2.24) is 28.9 Å². The van der Waals surface area contributed by atoms with E-state index >= 15 is 0 Å². The molecule has 7 nitrogen and oxygen atoms in total. The smallest absolute Gasteiger partial charge is 0.293 e. The molecule has 5 aromatic rings. The summed E-state index contributed by atoms with van der Waals surface area (Å²) in [4.78, 5) is 22.1. The van der Waals surface area contributed by atoms with Crippen molar-refractivity contribution in [2.24, 2.45) is 14.1 Å². The molecule has 0 fully saturated rings. The fraction of sp³-hybridized carbons (Fsp3) is 0.182. The summed E-state index contributed by atoms with van der Waals surface area (Å²) in [6.45, 7) is 3.88. The average molecular weight is 384 g/mol. The quantitative estimate of drug-likeness (QED) is 0.468. The number of nitrogens with zero attached hydrogens (tertiary/aromatic N) is 6. The van der Waals surface area contributed by atoms with Crippen LogP contribution in [-0.4, -0.2) is 28.9 Å². The van der Waals surface area contributed by atoms with Gasteiger partial charge in [-0.05, 0) is 37.6 Å². The van der Waals surface area contributed by atoms with Crippen LogP contribution in [-0.2, 0) is 14.1 Å². The molecule has 1 aromatic carbocycles. The first-order valence-corrected chi connectivity index (χ1v) is 9.38. The zero-order chi connectivity index (χ0) is 20.3. The number of aromatic nitrogens is 6. The highest BCUT2D eigenvalue weighted by Gasteiger charge is 2.19. The van der Waals surface area contributed by atoms with E-state index in [1.54, 1.807) is 27.1 Å². The van der Waals surface area contributed by atoms with Gasteiger partial charge in [0, 0.05) is 43.1 Å². The van der Waals surface area contributed by atoms with Crippen LogP contribution in [0.15, 0.2) is 53.7 Å². The molecule has 144 valence electrons. The molecule has 0 aliphatic rings. The molecule has 0 aliphatic heterocycles. The molecule has 0 amide bonds. The van der Waals surface area contributed by atoms with Crippen LogP contribution in [0.5, 0.6) is 0 Å². The Bertz CT molecular complexity index is 1450. The van der Waals surface area contributed by atoms with Crippen LogP contribution in [0.2, 0.25) is 0 Å². The van der Waals surface area contributed by atoms with Crippen LogP contribution in [0.25, 0.3) is 38.8 Å². The Hall–Kier alpha value is -3.74. The van der Waals surface area contributed by atoms with E-state index in [9.17, 15) is 4.79 Å². The Balaban J connectivity index is 1.89. The number of imidazole rings is 1. The van der Waals surface area contributed by atoms with E-state index in [1.807, 2.05) is 51.5 Å². The molecule has 0 unspecified atom stereocenters. The Morgan fingerprint density at radius 3 is 2.41 bits per heavy atom. The van der Waals surface area contributed by atoms with Crippen LogP contribution in [0.1, 0.15) is 11.4 Å². The molecule has 0 N–H and O–H groups in total. The van der Waals surface area contributed by atoms with E-state index < -0.39 is 0 Å². The second kappa shape index (κ2) is 6.13. The summed E-state index contributed by atoms with van der Waals surface area (Å²) in [6, 6.07) is 10.2. The molecular formula is C22H20N6O. The lowest BCUT2D eigenvalue weighted by atomic mass is 10.0. The number of rotatable bonds is 2. The minimum absolute atomic E-state index is 0.118. The van der Waals surface area contributed by atoms with Gasteiger partial charge in [-0.1, -0.05) is 12.1 Å². The summed E-state index contributed by atoms with van der Waals surface area (Å²) in [5.41, 5.74) is 6.94. The second-order valence-corrected chi connectivity index (χ2v) is 7.36. The molecule has 0 bridgehead atoms. The van der Waals surface area contributed by atoms with Crippen molar-refractivity contribution in [2.45, 2.75) is 13.8 Å². The van der Waals surface area contributed by atoms with Gasteiger partial charge in [-0.2, -0.15) is 5.10 Å². The molecule has 0 saturated heterocycles. The molecule has 0 saturated carbocycles. The summed E-state index contributed by atoms with van der Waals surface area (Å²) in [6.07, 6.45) is 5.50. The fourth-order valence-electron chi connectivity index (χ4n) is 3.85. The standard InChI is InChI=1S/C22H20N6O/c1-13-5-6-16(10-23-13)15-7-8-18-17(9-15)21-19(11-24-18)27(4)22(29)28(21)20-12-26(3)25-14(20)2/h5-12H,1-4H3. The van der Waals surface area contributed by atoms with Crippen LogP contribution < -0.4 is 5.69 Å². The molecule has 0 atom stereocenters. The summed E-state index contributed by atoms with van der Waals surface area (Å²) in [5, 5.41) is 5.34. The number of pyridine rings is 2. The molecule has 4 aromatic heterocycles. The lowest BCUT2D eigenvalue weighted by Crippen LogP contribution is -2.21. The first kappa shape index (κ1) is 17.4. The Morgan fingerprint density at radius 2 is 1.72 bits per heavy atom. The van der Waals surface area contributed by atoms with Gasteiger partial charge in [0.05, 0.1) is 34.1 Å². The van der Waals surface area contributed by atoms with Gasteiger partial charge in [-0.3, -0.25) is 23.8 Å². The Morgan fingerprint density at radius 1 is 0.931 bits per heavy atom. The number of hydrogen-bond acceptors (Lipinski definition) is 4. The van der Waals surface area contributed by atoms with E-state index in [1.165, 1.54) is 0 Å². The lowest BCUT2D eigenvalue weighted by Gasteiger charge is -2.07. The van der Waals surface area contributed by atoms with E-state index in [4.69, 9.17) is 0 Å². The minimum Gasteiger partial charge on any atom is -0.293 e. The molecule has 4 heterocycles. The molecule has 0 spiro atoms. The highest BCUT2D eigenvalue weighted by Crippen LogP contribution is 2.30. The largest absolute Gasteiger partial charge is 0.333 e. The van der Waals surface area contributed by atoms with Gasteiger partial charge >= 0.3 is 5.69 Å². The third kappa shape index (κ3) is 2.58. The number of fused-ring (bicyclic) bond motifs is 3. The highest BCUT2D eigenvalue weighted by molar-refractivity contribution is 6.04. The summed E-state index contributed by atoms with van der Waals surface area (Å²) in [5.74, 6) is 0. The van der Waals surface area contributed by atoms with Crippen molar-refractivity contribution in [2.75, 3.05) is 0 Å². The summed E-state index contributed by atoms with van der Waals surface area (Å²) < 4.78 is 5.09. The molecular weight excluding hydrogens is 364 g/mol. The number of aryl methyl sites for hydroxylation is 4. The van der Waals surface area contributed by atoms with Gasteiger partial charge in [-0.25, -0.2) is 4.79 Å². The van der Waals surface area contributed by atoms with Crippen LogP contribution in [0.4, 0.5) is 0 Å². The van der Waals surface area contributed by atoms with Crippen molar-refractivity contribution in [3.05, 3.63) is 70.8 Å². The third-order valence-electron chi connectivity index (χ3n) is 5.36. The van der Waals surface area contributed by atoms with Crippen LogP contribution in [0.3, 0.4) is 0 Å². The van der Waals surface area contributed by atoms with Crippen LogP contribution >= 0.6 is 0 Å². The predicted octanol–water partition coefficient (Wildman–Crippen LogP) is 3.29. The SMILES string of the molecule is Cc1ccc(-c2ccc3ncc4c(c3c2)n(-c2cn(C)nc2C)c(=O)n4C)cn1. The Kier molecular flexibility index (Phi) is 3.67. The van der Waals surface area contributed by atoms with Crippen molar-refractivity contribution >= 4 is 21.9 Å². The van der Waals surface area contributed by atoms with Crippen LogP contribution in [0, 0.1) is 13.8 Å². The van der Waals surface area contributed by atoms with Gasteiger partial charge < -0.3 is 0 Å². The van der Waals surface area contributed by atoms with E-state index in [-0.39, 0.29) is 5.69 Å². The normalized spacial score (nSPS) is 11.6. The van der Waals surface area contributed by atoms with E-state index in [0.717, 1.165) is 50.1 Å². The van der Waals surface area contributed by atoms with Crippen molar-refractivity contribution in [3.63, 3.8) is 0 Å². The molecule has 5 rings (SSSR count). The molecule has 0 aliphatic carbocycles. The maximum Gasteiger partial charge on any atom is 0.333 e. The third-order valence-corrected chi connectivity index (χ3v) is 5.36. The van der Waals surface area contributed by atoms with Gasteiger partial charge in [0.15, 0.2) is 0 Å². The topological polar surface area (TPSA) is 70.5 Å². The maximum absolute atomic E-state index is 13.1. The first-order chi connectivity index (χ1) is 13.9. The molecule has 29 heavy (non-hydrogen) atoms. The first-order valence-electron chi connectivity index (χ1n) is 9.38. The highest BCUT2D eigenvalue weighted by atomic mass is 16.1. The van der Waals surface area contributed by atoms with Gasteiger partial charge in [0.2, 0.25) is 0 Å². The minimum atomic E-state index is -0.118. The lowest BCUT2D eigenvalue weighted by molar-refractivity contribution is 0.756. The summed E-state index contributed by atoms with van der Waals surface area (Å²) >= 11 is 0. The average Bonchev–Trinajstić information content (AvgIpc) is 3.17. The Labute approximate surface area is 166 Å². The zero-order valence-corrected chi connectivity index (χ0v) is 16.7. The number of hydrogen-bond donors (Lipinski definition) is 0. The zero-order valence-electron chi connectivity index (χ0n) is 16.7. The van der Waals surface area contributed by atoms with E-state index in [0.29, 0.717) is 0 Å². The molecule has 0 radical (unpaired) electrons. The monoisotopic (exact) mass is 384 g/mol. The van der Waals surface area contributed by atoms with E-state index in [2.05, 4.69) is 27.2 Å². The van der Waals surface area contributed by atoms with Crippen molar-refractivity contribution in [3.8, 4) is 16.8 Å². The maximum atomic E-state index is 13.1. The number of benzene rings is 1. The van der Waals surface area contributed by atoms with Gasteiger partial charge in [0.25, 0.3) is 0 Å². The van der Waals surface area contributed by atoms with Gasteiger partial charge in [-0.15, -0.1) is 0 Å². The summed E-state index contributed by atoms with van der Waals surface area (Å²) in [7, 11) is 3.63.